The minimum Gasteiger partial charge on any atom is -0.382 e. The number of methoxy groups -OCH3 is 1. The molecule has 0 aliphatic rings. The lowest BCUT2D eigenvalue weighted by molar-refractivity contribution is -0.131. The number of likely N-dealkylation sites (N-methyl/N-ethyl adjacent to an activating group) is 1. The summed E-state index contributed by atoms with van der Waals surface area (Å²) in [5.41, 5.74) is 2.56. The second kappa shape index (κ2) is 7.97. The molecule has 5 heteroatoms. The molecule has 0 radical (unpaired) electrons. The second-order valence-electron chi connectivity index (χ2n) is 2.57. The van der Waals surface area contributed by atoms with Crippen LogP contribution in [0.4, 0.5) is 0 Å². The summed E-state index contributed by atoms with van der Waals surface area (Å²) >= 11 is 0. The van der Waals surface area contributed by atoms with Crippen LogP contribution < -0.4 is 5.48 Å². The van der Waals surface area contributed by atoms with Crippen LogP contribution in [0.1, 0.15) is 6.92 Å². The Morgan fingerprint density at radius 2 is 2.15 bits per heavy atom. The number of nitrogens with zero attached hydrogens (tertiary/aromatic N) is 1. The van der Waals surface area contributed by atoms with Crippen LogP contribution in [0.2, 0.25) is 0 Å². The molecule has 0 heterocycles. The number of rotatable bonds is 7. The Bertz CT molecular complexity index is 141. The van der Waals surface area contributed by atoms with Gasteiger partial charge in [-0.25, -0.2) is 0 Å². The average Bonchev–Trinajstić information content (AvgIpc) is 2.16. The van der Waals surface area contributed by atoms with E-state index in [1.165, 1.54) is 0 Å². The SMILES string of the molecule is CCN(C)C(=O)CNOCCOC. The predicted molar refractivity (Wildman–Crippen MR) is 49.1 cm³/mol. The van der Waals surface area contributed by atoms with Crippen LogP contribution >= 0.6 is 0 Å². The first kappa shape index (κ1) is 12.3. The summed E-state index contributed by atoms with van der Waals surface area (Å²) in [7, 11) is 3.35. The zero-order valence-corrected chi connectivity index (χ0v) is 8.50. The number of hydrogen-bond donors (Lipinski definition) is 1. The molecule has 0 fully saturated rings. The van der Waals surface area contributed by atoms with Gasteiger partial charge in [-0.05, 0) is 6.92 Å². The van der Waals surface area contributed by atoms with Gasteiger partial charge < -0.3 is 9.64 Å². The number of carbonyl (C=O) groups is 1. The maximum Gasteiger partial charge on any atom is 0.238 e. The van der Waals surface area contributed by atoms with E-state index in [4.69, 9.17) is 9.57 Å². The molecule has 0 saturated heterocycles. The minimum absolute atomic E-state index is 0.0138. The predicted octanol–water partition coefficient (Wildman–Crippen LogP) is -0.368. The first-order valence-corrected chi connectivity index (χ1v) is 4.30. The molecule has 5 nitrogen and oxygen atoms in total. The summed E-state index contributed by atoms with van der Waals surface area (Å²) in [6.07, 6.45) is 0. The van der Waals surface area contributed by atoms with E-state index in [0.717, 1.165) is 0 Å². The largest absolute Gasteiger partial charge is 0.382 e. The molecular formula is C8H18N2O3. The highest BCUT2D eigenvalue weighted by atomic mass is 16.7. The normalized spacial score (nSPS) is 10.1. The third kappa shape index (κ3) is 6.51. The van der Waals surface area contributed by atoms with Crippen molar-refractivity contribution in [3.8, 4) is 0 Å². The molecule has 0 rings (SSSR count). The van der Waals surface area contributed by atoms with Crippen molar-refractivity contribution in [3.63, 3.8) is 0 Å². The van der Waals surface area contributed by atoms with Gasteiger partial charge in [0.1, 0.15) is 6.54 Å². The molecule has 1 N–H and O–H groups in total. The molecule has 13 heavy (non-hydrogen) atoms. The summed E-state index contributed by atoms with van der Waals surface area (Å²) in [6, 6.07) is 0. The van der Waals surface area contributed by atoms with Crippen molar-refractivity contribution in [3.05, 3.63) is 0 Å². The summed E-state index contributed by atoms with van der Waals surface area (Å²) in [6.45, 7) is 3.79. The van der Waals surface area contributed by atoms with Crippen molar-refractivity contribution in [1.82, 2.24) is 10.4 Å². The fraction of sp³-hybridized carbons (Fsp3) is 0.875. The van der Waals surface area contributed by atoms with Gasteiger partial charge in [0.15, 0.2) is 0 Å². The van der Waals surface area contributed by atoms with E-state index in [0.29, 0.717) is 19.8 Å². The van der Waals surface area contributed by atoms with Crippen molar-refractivity contribution in [2.75, 3.05) is 40.5 Å². The molecule has 0 aromatic rings. The Morgan fingerprint density at radius 3 is 2.69 bits per heavy atom. The topological polar surface area (TPSA) is 50.8 Å². The minimum atomic E-state index is 0.0138. The molecule has 0 atom stereocenters. The van der Waals surface area contributed by atoms with Crippen LogP contribution in [0.3, 0.4) is 0 Å². The van der Waals surface area contributed by atoms with Crippen molar-refractivity contribution in [1.29, 1.82) is 0 Å². The summed E-state index contributed by atoms with van der Waals surface area (Å²) in [5.74, 6) is 0.0138. The first-order valence-electron chi connectivity index (χ1n) is 4.30. The highest BCUT2D eigenvalue weighted by Crippen LogP contribution is 1.81. The molecular weight excluding hydrogens is 172 g/mol. The lowest BCUT2D eigenvalue weighted by Gasteiger charge is -2.14. The maximum atomic E-state index is 11.2. The number of hydrogen-bond acceptors (Lipinski definition) is 4. The monoisotopic (exact) mass is 190 g/mol. The molecule has 0 aliphatic heterocycles. The molecule has 0 aliphatic carbocycles. The van der Waals surface area contributed by atoms with E-state index < -0.39 is 0 Å². The Balaban J connectivity index is 3.27. The number of hydroxylamine groups is 1. The van der Waals surface area contributed by atoms with Gasteiger partial charge in [0.2, 0.25) is 5.91 Å². The average molecular weight is 190 g/mol. The molecule has 0 aromatic carbocycles. The van der Waals surface area contributed by atoms with E-state index in [-0.39, 0.29) is 12.5 Å². The van der Waals surface area contributed by atoms with Crippen LogP contribution in [0.25, 0.3) is 0 Å². The van der Waals surface area contributed by atoms with Crippen molar-refractivity contribution < 1.29 is 14.4 Å². The molecule has 0 aromatic heterocycles. The summed E-state index contributed by atoms with van der Waals surface area (Å²) in [4.78, 5) is 17.7. The summed E-state index contributed by atoms with van der Waals surface area (Å²) < 4.78 is 4.76. The van der Waals surface area contributed by atoms with Crippen molar-refractivity contribution in [2.45, 2.75) is 6.92 Å². The van der Waals surface area contributed by atoms with Gasteiger partial charge >= 0.3 is 0 Å². The molecule has 0 spiro atoms. The lowest BCUT2D eigenvalue weighted by Crippen LogP contribution is -2.35. The zero-order valence-electron chi connectivity index (χ0n) is 8.50. The van der Waals surface area contributed by atoms with Gasteiger partial charge in [0, 0.05) is 20.7 Å². The highest BCUT2D eigenvalue weighted by molar-refractivity contribution is 5.77. The van der Waals surface area contributed by atoms with Crippen molar-refractivity contribution in [2.24, 2.45) is 0 Å². The molecule has 0 saturated carbocycles. The van der Waals surface area contributed by atoms with Gasteiger partial charge in [0.25, 0.3) is 0 Å². The van der Waals surface area contributed by atoms with Crippen LogP contribution in [0, 0.1) is 0 Å². The van der Waals surface area contributed by atoms with Crippen LogP contribution in [0.5, 0.6) is 0 Å². The first-order chi connectivity index (χ1) is 6.22. The number of carbonyl (C=O) groups excluding carboxylic acids is 1. The highest BCUT2D eigenvalue weighted by Gasteiger charge is 2.04. The van der Waals surface area contributed by atoms with Crippen LogP contribution in [0.15, 0.2) is 0 Å². The Kier molecular flexibility index (Phi) is 7.57. The maximum absolute atomic E-state index is 11.2. The zero-order chi connectivity index (χ0) is 10.1. The van der Waals surface area contributed by atoms with Crippen molar-refractivity contribution >= 4 is 5.91 Å². The molecule has 0 bridgehead atoms. The number of amides is 1. The standard InChI is InChI=1S/C8H18N2O3/c1-4-10(2)8(11)7-9-13-6-5-12-3/h9H,4-7H2,1-3H3. The fourth-order valence-corrected chi connectivity index (χ4v) is 0.621. The van der Waals surface area contributed by atoms with E-state index >= 15 is 0 Å². The Hall–Kier alpha value is -0.650. The summed E-state index contributed by atoms with van der Waals surface area (Å²) in [5, 5.41) is 0. The Labute approximate surface area is 78.9 Å². The smallest absolute Gasteiger partial charge is 0.238 e. The van der Waals surface area contributed by atoms with Crippen LogP contribution in [-0.2, 0) is 14.4 Å². The second-order valence-corrected chi connectivity index (χ2v) is 2.57. The van der Waals surface area contributed by atoms with Gasteiger partial charge in [-0.15, -0.1) is 0 Å². The van der Waals surface area contributed by atoms with Gasteiger partial charge in [0.05, 0.1) is 13.2 Å². The van der Waals surface area contributed by atoms with Crippen LogP contribution in [-0.4, -0.2) is 51.3 Å². The van der Waals surface area contributed by atoms with E-state index in [1.54, 1.807) is 19.1 Å². The Morgan fingerprint density at radius 1 is 1.46 bits per heavy atom. The fourth-order valence-electron chi connectivity index (χ4n) is 0.621. The van der Waals surface area contributed by atoms with Gasteiger partial charge in [-0.3, -0.25) is 9.63 Å². The quantitative estimate of drug-likeness (QED) is 0.439. The molecule has 1 amide bonds. The number of nitrogens with one attached hydrogen (secondary N) is 1. The van der Waals surface area contributed by atoms with E-state index in [1.807, 2.05) is 6.92 Å². The lowest BCUT2D eigenvalue weighted by atomic mass is 10.5. The third-order valence-electron chi connectivity index (χ3n) is 1.62. The van der Waals surface area contributed by atoms with E-state index in [2.05, 4.69) is 5.48 Å². The molecule has 0 unspecified atom stereocenters. The third-order valence-corrected chi connectivity index (χ3v) is 1.62. The van der Waals surface area contributed by atoms with Gasteiger partial charge in [-0.2, -0.15) is 5.48 Å². The van der Waals surface area contributed by atoms with E-state index in [9.17, 15) is 4.79 Å². The van der Waals surface area contributed by atoms with Gasteiger partial charge in [-0.1, -0.05) is 0 Å². The molecule has 78 valence electrons. The number of ether oxygens (including phenoxy) is 1.